The van der Waals surface area contributed by atoms with Gasteiger partial charge in [0.2, 0.25) is 5.91 Å². The summed E-state index contributed by atoms with van der Waals surface area (Å²) in [6, 6.07) is 13.3. The van der Waals surface area contributed by atoms with Crippen LogP contribution in [0.2, 0.25) is 5.02 Å². The Hall–Kier alpha value is -2.20. The van der Waals surface area contributed by atoms with Crippen LogP contribution in [0.3, 0.4) is 0 Å². The molecule has 4 nitrogen and oxygen atoms in total. The van der Waals surface area contributed by atoms with E-state index in [0.717, 1.165) is 21.9 Å². The number of carbonyl (C=O) groups is 1. The second-order valence-corrected chi connectivity index (χ2v) is 6.12. The molecule has 1 amide bonds. The number of hydrogen-bond donors (Lipinski definition) is 1. The molecular formula is C19H22ClNO3. The minimum atomic E-state index is 0.0529. The van der Waals surface area contributed by atoms with Gasteiger partial charge in [0, 0.05) is 11.6 Å². The van der Waals surface area contributed by atoms with Gasteiger partial charge in [-0.15, -0.1) is 0 Å². The van der Waals surface area contributed by atoms with E-state index in [1.807, 2.05) is 56.3 Å². The molecular weight excluding hydrogens is 326 g/mol. The highest BCUT2D eigenvalue weighted by molar-refractivity contribution is 6.30. The van der Waals surface area contributed by atoms with Crippen molar-refractivity contribution in [3.8, 4) is 11.5 Å². The largest absolute Gasteiger partial charge is 0.493 e. The number of hydrogen-bond acceptors (Lipinski definition) is 3. The fraction of sp³-hybridized carbons (Fsp3) is 0.316. The zero-order valence-electron chi connectivity index (χ0n) is 14.1. The predicted molar refractivity (Wildman–Crippen MR) is 95.8 cm³/mol. The van der Waals surface area contributed by atoms with E-state index in [-0.39, 0.29) is 12.0 Å². The van der Waals surface area contributed by atoms with Gasteiger partial charge in [-0.25, -0.2) is 0 Å². The zero-order valence-corrected chi connectivity index (χ0v) is 14.9. The SMILES string of the molecule is COc1cc2c(cc1OC(C)C)CNC(=O)C2.Clc1ccccc1. The normalized spacial score (nSPS) is 12.6. The van der Waals surface area contributed by atoms with E-state index >= 15 is 0 Å². The first-order valence-corrected chi connectivity index (χ1v) is 8.21. The smallest absolute Gasteiger partial charge is 0.224 e. The molecule has 1 heterocycles. The molecule has 0 bridgehead atoms. The Bertz CT molecular complexity index is 687. The zero-order chi connectivity index (χ0) is 17.5. The molecule has 0 saturated heterocycles. The number of methoxy groups -OCH3 is 1. The van der Waals surface area contributed by atoms with Gasteiger partial charge in [0.05, 0.1) is 19.6 Å². The highest BCUT2D eigenvalue weighted by atomic mass is 35.5. The van der Waals surface area contributed by atoms with Crippen LogP contribution in [0.15, 0.2) is 42.5 Å². The van der Waals surface area contributed by atoms with E-state index in [1.54, 1.807) is 7.11 Å². The summed E-state index contributed by atoms with van der Waals surface area (Å²) in [6.07, 6.45) is 0.508. The molecule has 1 N–H and O–H groups in total. The van der Waals surface area contributed by atoms with E-state index in [1.165, 1.54) is 0 Å². The van der Waals surface area contributed by atoms with Crippen molar-refractivity contribution in [2.45, 2.75) is 32.9 Å². The van der Waals surface area contributed by atoms with Crippen LogP contribution >= 0.6 is 11.6 Å². The molecule has 1 aliphatic heterocycles. The number of amides is 1. The quantitative estimate of drug-likeness (QED) is 0.913. The number of carbonyl (C=O) groups excluding carboxylic acids is 1. The van der Waals surface area contributed by atoms with Crippen LogP contribution in [0.25, 0.3) is 0 Å². The minimum absolute atomic E-state index is 0.0529. The van der Waals surface area contributed by atoms with Crippen LogP contribution in [0.5, 0.6) is 11.5 Å². The van der Waals surface area contributed by atoms with Gasteiger partial charge >= 0.3 is 0 Å². The fourth-order valence-corrected chi connectivity index (χ4v) is 2.47. The second-order valence-electron chi connectivity index (χ2n) is 5.69. The monoisotopic (exact) mass is 347 g/mol. The van der Waals surface area contributed by atoms with Crippen molar-refractivity contribution < 1.29 is 14.3 Å². The van der Waals surface area contributed by atoms with Crippen molar-refractivity contribution in [2.24, 2.45) is 0 Å². The van der Waals surface area contributed by atoms with Crippen molar-refractivity contribution in [3.05, 3.63) is 58.6 Å². The number of ether oxygens (including phenoxy) is 2. The lowest BCUT2D eigenvalue weighted by atomic mass is 10.00. The average molecular weight is 348 g/mol. The standard InChI is InChI=1S/C13H17NO3.C6H5Cl/c1-8(2)17-12-5-10-7-14-13(15)6-9(10)4-11(12)16-3;7-6-4-2-1-3-5-6/h4-5,8H,6-7H2,1-3H3,(H,14,15);1-5H. The van der Waals surface area contributed by atoms with Gasteiger partial charge in [-0.1, -0.05) is 29.8 Å². The summed E-state index contributed by atoms with van der Waals surface area (Å²) in [4.78, 5) is 11.3. The summed E-state index contributed by atoms with van der Waals surface area (Å²) in [5.74, 6) is 1.47. The lowest BCUT2D eigenvalue weighted by Crippen LogP contribution is -2.30. The van der Waals surface area contributed by atoms with E-state index < -0.39 is 0 Å². The number of fused-ring (bicyclic) bond motifs is 1. The molecule has 2 aromatic rings. The maximum atomic E-state index is 11.3. The van der Waals surface area contributed by atoms with E-state index in [9.17, 15) is 4.79 Å². The lowest BCUT2D eigenvalue weighted by molar-refractivity contribution is -0.121. The molecule has 0 saturated carbocycles. The summed E-state index contributed by atoms with van der Waals surface area (Å²) < 4.78 is 11.0. The van der Waals surface area contributed by atoms with Crippen LogP contribution in [0.4, 0.5) is 0 Å². The van der Waals surface area contributed by atoms with Crippen LogP contribution in [-0.2, 0) is 17.8 Å². The molecule has 0 unspecified atom stereocenters. The number of rotatable bonds is 3. The third-order valence-electron chi connectivity index (χ3n) is 3.41. The Morgan fingerprint density at radius 1 is 1.08 bits per heavy atom. The molecule has 24 heavy (non-hydrogen) atoms. The first kappa shape index (κ1) is 18.1. The van der Waals surface area contributed by atoms with Gasteiger partial charge in [-0.3, -0.25) is 4.79 Å². The maximum absolute atomic E-state index is 11.3. The van der Waals surface area contributed by atoms with Crippen LogP contribution in [0.1, 0.15) is 25.0 Å². The molecule has 0 aromatic heterocycles. The molecule has 0 spiro atoms. The van der Waals surface area contributed by atoms with Gasteiger partial charge in [0.15, 0.2) is 11.5 Å². The van der Waals surface area contributed by atoms with Crippen molar-refractivity contribution in [2.75, 3.05) is 7.11 Å². The molecule has 0 fully saturated rings. The Balaban J connectivity index is 0.000000249. The summed E-state index contributed by atoms with van der Waals surface area (Å²) in [7, 11) is 1.61. The van der Waals surface area contributed by atoms with E-state index in [0.29, 0.717) is 18.7 Å². The van der Waals surface area contributed by atoms with Gasteiger partial charge in [-0.2, -0.15) is 0 Å². The molecule has 1 aliphatic rings. The van der Waals surface area contributed by atoms with Gasteiger partial charge in [-0.05, 0) is 49.2 Å². The molecule has 0 atom stereocenters. The van der Waals surface area contributed by atoms with E-state index in [2.05, 4.69) is 5.32 Å². The van der Waals surface area contributed by atoms with Gasteiger partial charge < -0.3 is 14.8 Å². The Morgan fingerprint density at radius 2 is 1.75 bits per heavy atom. The predicted octanol–water partition coefficient (Wildman–Crippen LogP) is 3.99. The first-order chi connectivity index (χ1) is 11.5. The number of benzene rings is 2. The Kier molecular flexibility index (Phi) is 6.50. The van der Waals surface area contributed by atoms with Gasteiger partial charge in [0.25, 0.3) is 0 Å². The summed E-state index contributed by atoms with van der Waals surface area (Å²) in [6.45, 7) is 4.51. The molecule has 128 valence electrons. The number of nitrogens with one attached hydrogen (secondary N) is 1. The van der Waals surface area contributed by atoms with Crippen LogP contribution < -0.4 is 14.8 Å². The number of halogens is 1. The Morgan fingerprint density at radius 3 is 2.29 bits per heavy atom. The van der Waals surface area contributed by atoms with Crippen molar-refractivity contribution in [3.63, 3.8) is 0 Å². The highest BCUT2D eigenvalue weighted by Gasteiger charge is 2.18. The average Bonchev–Trinajstić information content (AvgIpc) is 2.55. The van der Waals surface area contributed by atoms with Crippen LogP contribution in [-0.4, -0.2) is 19.1 Å². The molecule has 0 aliphatic carbocycles. The molecule has 0 radical (unpaired) electrons. The molecule has 5 heteroatoms. The highest BCUT2D eigenvalue weighted by Crippen LogP contribution is 2.32. The van der Waals surface area contributed by atoms with Crippen molar-refractivity contribution >= 4 is 17.5 Å². The molecule has 3 rings (SSSR count). The third kappa shape index (κ3) is 5.17. The van der Waals surface area contributed by atoms with Crippen molar-refractivity contribution in [1.29, 1.82) is 0 Å². The topological polar surface area (TPSA) is 47.6 Å². The fourth-order valence-electron chi connectivity index (χ4n) is 2.32. The second kappa shape index (κ2) is 8.60. The molecule has 2 aromatic carbocycles. The third-order valence-corrected chi connectivity index (χ3v) is 3.66. The summed E-state index contributed by atoms with van der Waals surface area (Å²) in [5.41, 5.74) is 2.11. The lowest BCUT2D eigenvalue weighted by Gasteiger charge is -2.21. The van der Waals surface area contributed by atoms with Crippen LogP contribution in [0, 0.1) is 0 Å². The minimum Gasteiger partial charge on any atom is -0.493 e. The summed E-state index contributed by atoms with van der Waals surface area (Å²) >= 11 is 5.54. The Labute approximate surface area is 147 Å². The van der Waals surface area contributed by atoms with Crippen molar-refractivity contribution in [1.82, 2.24) is 5.32 Å². The van der Waals surface area contributed by atoms with Gasteiger partial charge in [0.1, 0.15) is 0 Å². The summed E-state index contributed by atoms with van der Waals surface area (Å²) in [5, 5.41) is 3.61. The first-order valence-electron chi connectivity index (χ1n) is 7.83. The maximum Gasteiger partial charge on any atom is 0.224 e. The van der Waals surface area contributed by atoms with E-state index in [4.69, 9.17) is 21.1 Å².